The Morgan fingerprint density at radius 2 is 1.05 bits per heavy atom. The van der Waals surface area contributed by atoms with E-state index in [4.69, 9.17) is 4.74 Å². The second-order valence-corrected chi connectivity index (χ2v) is 21.7. The average molecular weight is 871 g/mol. The molecule has 0 spiro atoms. The smallest absolute Gasteiger partial charge is 0.317 e. The molecule has 356 valence electrons. The van der Waals surface area contributed by atoms with Crippen LogP contribution in [-0.4, -0.2) is 156 Å². The number of carbonyl (C=O) groups is 4. The molecule has 0 heterocycles. The highest BCUT2D eigenvalue weighted by Gasteiger charge is 2.44. The molecule has 2 aliphatic rings. The predicted octanol–water partition coefficient (Wildman–Crippen LogP) is 3.74. The molecule has 0 bridgehead atoms. The van der Waals surface area contributed by atoms with Gasteiger partial charge in [0.15, 0.2) is 0 Å². The quantitative estimate of drug-likeness (QED) is 0.0762. The highest BCUT2D eigenvalue weighted by Crippen LogP contribution is 2.47. The van der Waals surface area contributed by atoms with Gasteiger partial charge in [-0.3, -0.25) is 0 Å². The minimum atomic E-state index is -0.611. The van der Waals surface area contributed by atoms with Gasteiger partial charge in [-0.15, -0.1) is 0 Å². The monoisotopic (exact) mass is 871 g/mol. The van der Waals surface area contributed by atoms with Crippen LogP contribution in [0, 0.1) is 27.6 Å². The van der Waals surface area contributed by atoms with E-state index < -0.39 is 11.1 Å². The van der Waals surface area contributed by atoms with Crippen molar-refractivity contribution in [3.05, 3.63) is 0 Å². The van der Waals surface area contributed by atoms with Gasteiger partial charge in [-0.2, -0.15) is 0 Å². The SMILES string of the molecule is CC(CC(C)(C)OCC(C)C(C)(C)NC(=O)NCC1(C)CC(NC(=O)N(CCO)CCO)CC(C)(C)C1)NC(=O)NCC1(C)CC(NC(=O)N(CCO)CCO)CC(C)(C)C1. The summed E-state index contributed by atoms with van der Waals surface area (Å²) in [6, 6.07) is -1.64. The van der Waals surface area contributed by atoms with E-state index >= 15 is 0 Å². The number of aliphatic hydroxyl groups excluding tert-OH is 4. The Hall–Kier alpha value is -3.12. The molecule has 0 aromatic carbocycles. The normalized spacial score (nSPS) is 24.7. The first-order valence-corrected chi connectivity index (χ1v) is 22.4. The van der Waals surface area contributed by atoms with E-state index in [1.54, 1.807) is 0 Å². The van der Waals surface area contributed by atoms with Gasteiger partial charge in [0, 0.05) is 68.9 Å². The Morgan fingerprint density at radius 1 is 0.656 bits per heavy atom. The summed E-state index contributed by atoms with van der Waals surface area (Å²) in [5.41, 5.74) is -1.90. The van der Waals surface area contributed by atoms with Crippen molar-refractivity contribution < 1.29 is 44.3 Å². The Labute approximate surface area is 366 Å². The Bertz CT molecular complexity index is 1400. The number of nitrogens with one attached hydrogen (secondary N) is 6. The van der Waals surface area contributed by atoms with Gasteiger partial charge in [0.25, 0.3) is 0 Å². The maximum atomic E-state index is 13.3. The standard InChI is InChI=1S/C44H86N8O9/c1-31(42(9,10)50-36(58)46-30-44(12)25-34(23-40(5,6)28-44)49-38(60)52(15-19-55)16-20-56)26-61-41(7,8)21-32(2)47-35(57)45-29-43(11)24-33(22-39(3,4)27-43)48-37(59)51(13-17-53)14-18-54/h31-34,53-56H,13-30H2,1-12H3,(H,48,59)(H,49,60)(H2,45,47,57)(H2,46,50,58). The van der Waals surface area contributed by atoms with Gasteiger partial charge in [0.1, 0.15) is 0 Å². The summed E-state index contributed by atoms with van der Waals surface area (Å²) >= 11 is 0. The summed E-state index contributed by atoms with van der Waals surface area (Å²) < 4.78 is 6.41. The molecule has 2 rings (SSSR count). The molecule has 17 heteroatoms. The minimum absolute atomic E-state index is 0.0600. The molecule has 0 aromatic rings. The third-order valence-electron chi connectivity index (χ3n) is 12.5. The molecule has 61 heavy (non-hydrogen) atoms. The van der Waals surface area contributed by atoms with Gasteiger partial charge in [0.05, 0.1) is 38.6 Å². The second kappa shape index (κ2) is 23.0. The summed E-state index contributed by atoms with van der Waals surface area (Å²) in [4.78, 5) is 55.2. The van der Waals surface area contributed by atoms with Crippen molar-refractivity contribution in [1.29, 1.82) is 0 Å². The molecular weight excluding hydrogens is 785 g/mol. The van der Waals surface area contributed by atoms with Gasteiger partial charge in [0.2, 0.25) is 0 Å². The van der Waals surface area contributed by atoms with Gasteiger partial charge in [-0.1, -0.05) is 48.5 Å². The third kappa shape index (κ3) is 19.0. The van der Waals surface area contributed by atoms with E-state index in [0.29, 0.717) is 39.0 Å². The van der Waals surface area contributed by atoms with Crippen molar-refractivity contribution >= 4 is 24.1 Å². The molecule has 10 N–H and O–H groups in total. The number of amides is 8. The summed E-state index contributed by atoms with van der Waals surface area (Å²) in [5, 5.41) is 56.0. The summed E-state index contributed by atoms with van der Waals surface area (Å²) in [5.74, 6) is -0.0600. The Kier molecular flexibility index (Phi) is 20.4. The van der Waals surface area contributed by atoms with Crippen LogP contribution in [0.15, 0.2) is 0 Å². The van der Waals surface area contributed by atoms with Crippen LogP contribution in [0.5, 0.6) is 0 Å². The molecule has 2 saturated carbocycles. The van der Waals surface area contributed by atoms with Crippen molar-refractivity contribution in [2.75, 3.05) is 72.3 Å². The van der Waals surface area contributed by atoms with Crippen molar-refractivity contribution in [2.45, 2.75) is 157 Å². The molecule has 6 unspecified atom stereocenters. The van der Waals surface area contributed by atoms with Crippen LogP contribution in [0.4, 0.5) is 19.2 Å². The molecular formula is C44H86N8O9. The topological polar surface area (TPSA) is 237 Å². The van der Waals surface area contributed by atoms with Gasteiger partial charge >= 0.3 is 24.1 Å². The van der Waals surface area contributed by atoms with E-state index in [2.05, 4.69) is 73.4 Å². The maximum absolute atomic E-state index is 13.3. The number of hydrogen-bond donors (Lipinski definition) is 10. The van der Waals surface area contributed by atoms with Gasteiger partial charge < -0.3 is 66.9 Å². The molecule has 0 saturated heterocycles. The van der Waals surface area contributed by atoms with E-state index in [-0.39, 0.29) is 122 Å². The summed E-state index contributed by atoms with van der Waals surface area (Å²) in [6.45, 7) is 25.8. The zero-order chi connectivity index (χ0) is 46.5. The van der Waals surface area contributed by atoms with Crippen LogP contribution in [0.2, 0.25) is 0 Å². The zero-order valence-electron chi connectivity index (χ0n) is 39.8. The van der Waals surface area contributed by atoms with Gasteiger partial charge in [-0.25, -0.2) is 19.2 Å². The molecule has 0 aliphatic heterocycles. The Morgan fingerprint density at radius 3 is 1.44 bits per heavy atom. The maximum Gasteiger partial charge on any atom is 0.317 e. The molecule has 0 aromatic heterocycles. The molecule has 2 aliphatic carbocycles. The van der Waals surface area contributed by atoms with Crippen LogP contribution >= 0.6 is 0 Å². The lowest BCUT2D eigenvalue weighted by molar-refractivity contribution is -0.0522. The lowest BCUT2D eigenvalue weighted by Crippen LogP contribution is -2.56. The molecule has 6 atom stereocenters. The van der Waals surface area contributed by atoms with Crippen molar-refractivity contribution in [3.63, 3.8) is 0 Å². The fourth-order valence-corrected chi connectivity index (χ4v) is 10.1. The fourth-order valence-electron chi connectivity index (χ4n) is 10.1. The second-order valence-electron chi connectivity index (χ2n) is 21.7. The fraction of sp³-hybridized carbons (Fsp3) is 0.909. The van der Waals surface area contributed by atoms with Crippen molar-refractivity contribution in [3.8, 4) is 0 Å². The molecule has 2 fully saturated rings. The van der Waals surface area contributed by atoms with Gasteiger partial charge in [-0.05, 0) is 101 Å². The number of hydrogen-bond acceptors (Lipinski definition) is 9. The first-order chi connectivity index (χ1) is 28.1. The average Bonchev–Trinajstić information content (AvgIpc) is 3.10. The summed E-state index contributed by atoms with van der Waals surface area (Å²) in [7, 11) is 0. The number of ether oxygens (including phenoxy) is 1. The van der Waals surface area contributed by atoms with Crippen LogP contribution in [-0.2, 0) is 4.74 Å². The number of nitrogens with zero attached hydrogens (tertiary/aromatic N) is 2. The molecule has 17 nitrogen and oxygen atoms in total. The first kappa shape index (κ1) is 54.0. The van der Waals surface area contributed by atoms with Crippen LogP contribution in [0.1, 0.15) is 128 Å². The highest BCUT2D eigenvalue weighted by molar-refractivity contribution is 5.76. The number of rotatable bonds is 22. The minimum Gasteiger partial charge on any atom is -0.395 e. The number of carbonyl (C=O) groups excluding carboxylic acids is 4. The van der Waals surface area contributed by atoms with Crippen molar-refractivity contribution in [2.24, 2.45) is 27.6 Å². The van der Waals surface area contributed by atoms with Crippen LogP contribution < -0.4 is 31.9 Å². The summed E-state index contributed by atoms with van der Waals surface area (Å²) in [6.07, 6.45) is 5.18. The lowest BCUT2D eigenvalue weighted by Gasteiger charge is -2.47. The van der Waals surface area contributed by atoms with E-state index in [1.807, 2.05) is 41.5 Å². The molecule has 8 amide bonds. The molecule has 0 radical (unpaired) electrons. The predicted molar refractivity (Wildman–Crippen MR) is 238 cm³/mol. The van der Waals surface area contributed by atoms with E-state index in [0.717, 1.165) is 25.7 Å². The van der Waals surface area contributed by atoms with E-state index in [9.17, 15) is 39.6 Å². The van der Waals surface area contributed by atoms with Crippen molar-refractivity contribution in [1.82, 2.24) is 41.7 Å². The first-order valence-electron chi connectivity index (χ1n) is 22.4. The largest absolute Gasteiger partial charge is 0.395 e. The zero-order valence-corrected chi connectivity index (χ0v) is 39.8. The van der Waals surface area contributed by atoms with Crippen LogP contribution in [0.25, 0.3) is 0 Å². The number of urea groups is 4. The highest BCUT2D eigenvalue weighted by atomic mass is 16.5. The lowest BCUT2D eigenvalue weighted by atomic mass is 9.62. The number of aliphatic hydroxyl groups is 4. The van der Waals surface area contributed by atoms with Crippen LogP contribution in [0.3, 0.4) is 0 Å². The Balaban J connectivity index is 1.87. The van der Waals surface area contributed by atoms with E-state index in [1.165, 1.54) is 9.80 Å². The third-order valence-corrected chi connectivity index (χ3v) is 12.5.